The summed E-state index contributed by atoms with van der Waals surface area (Å²) in [6.07, 6.45) is 0.429. The first-order valence-corrected chi connectivity index (χ1v) is 13.4. The zero-order chi connectivity index (χ0) is 27.4. The number of anilines is 1. The van der Waals surface area contributed by atoms with Gasteiger partial charge in [0.25, 0.3) is 5.91 Å². The average Bonchev–Trinajstić information content (AvgIpc) is 3.24. The van der Waals surface area contributed by atoms with Crippen molar-refractivity contribution >= 4 is 57.7 Å². The lowest BCUT2D eigenvalue weighted by atomic mass is 9.88. The summed E-state index contributed by atoms with van der Waals surface area (Å²) in [6.45, 7) is 5.32. The van der Waals surface area contributed by atoms with Crippen LogP contribution in [0.2, 0.25) is 0 Å². The van der Waals surface area contributed by atoms with Gasteiger partial charge < -0.3 is 35.4 Å². The monoisotopic (exact) mass is 557 g/mol. The number of carbonyl (C=O) groups excluding carboxylic acids is 3. The van der Waals surface area contributed by atoms with Crippen LogP contribution in [0.15, 0.2) is 10.5 Å². The van der Waals surface area contributed by atoms with Gasteiger partial charge in [0.1, 0.15) is 34.7 Å². The van der Waals surface area contributed by atoms with E-state index in [1.54, 1.807) is 20.8 Å². The van der Waals surface area contributed by atoms with E-state index in [0.717, 1.165) is 11.3 Å². The molecule has 0 radical (unpaired) electrons. The third-order valence-corrected chi connectivity index (χ3v) is 7.74. The van der Waals surface area contributed by atoms with Crippen LogP contribution in [0.25, 0.3) is 0 Å². The van der Waals surface area contributed by atoms with E-state index in [0.29, 0.717) is 6.42 Å². The highest BCUT2D eigenvalue weighted by atomic mass is 32.2. The van der Waals surface area contributed by atoms with Crippen molar-refractivity contribution in [1.29, 1.82) is 0 Å². The molecule has 3 rings (SSSR count). The maximum Gasteiger partial charge on any atom is 0.314 e. The van der Waals surface area contributed by atoms with Gasteiger partial charge >= 0.3 is 11.9 Å². The number of nitrogens with zero attached hydrogens (tertiary/aromatic N) is 3. The molecule has 3 heterocycles. The van der Waals surface area contributed by atoms with E-state index in [4.69, 9.17) is 20.0 Å². The van der Waals surface area contributed by atoms with Gasteiger partial charge in [-0.15, -0.1) is 23.1 Å². The number of nitrogen functional groups attached to an aromatic ring is 1. The molecule has 4 N–H and O–H groups in total. The fourth-order valence-electron chi connectivity index (χ4n) is 3.78. The van der Waals surface area contributed by atoms with Crippen LogP contribution >= 0.6 is 23.1 Å². The molecule has 3 atom stereocenters. The Kier molecular flexibility index (Phi) is 9.02. The molecule has 2 amide bonds. The molecule has 2 aliphatic rings. The van der Waals surface area contributed by atoms with Crippen LogP contribution in [-0.2, 0) is 33.5 Å². The van der Waals surface area contributed by atoms with Crippen molar-refractivity contribution in [3.05, 3.63) is 11.1 Å². The molecule has 2 aliphatic heterocycles. The zero-order valence-corrected chi connectivity index (χ0v) is 22.6. The van der Waals surface area contributed by atoms with E-state index in [2.05, 4.69) is 15.5 Å². The van der Waals surface area contributed by atoms with Crippen LogP contribution in [0.1, 0.15) is 39.3 Å². The number of oxime groups is 1. The summed E-state index contributed by atoms with van der Waals surface area (Å²) in [7, 11) is 1.41. The Labute approximate surface area is 222 Å². The van der Waals surface area contributed by atoms with E-state index in [1.807, 2.05) is 0 Å². The van der Waals surface area contributed by atoms with Gasteiger partial charge in [0, 0.05) is 31.2 Å². The van der Waals surface area contributed by atoms with E-state index in [-0.39, 0.29) is 54.4 Å². The molecule has 2 fully saturated rings. The second-order valence-electron chi connectivity index (χ2n) is 9.67. The van der Waals surface area contributed by atoms with Crippen molar-refractivity contribution in [3.8, 4) is 0 Å². The number of thioether (sulfide) groups is 1. The van der Waals surface area contributed by atoms with Crippen LogP contribution in [0.3, 0.4) is 0 Å². The zero-order valence-electron chi connectivity index (χ0n) is 21.0. The molecule has 37 heavy (non-hydrogen) atoms. The molecular formula is C22H31N5O8S2. The summed E-state index contributed by atoms with van der Waals surface area (Å²) in [5.74, 6) is -2.28. The molecule has 0 aliphatic carbocycles. The van der Waals surface area contributed by atoms with Crippen LogP contribution in [0, 0.1) is 5.41 Å². The number of rotatable bonds is 11. The molecule has 13 nitrogen and oxygen atoms in total. The highest BCUT2D eigenvalue weighted by Gasteiger charge is 2.57. The maximum atomic E-state index is 13.1. The third-order valence-electron chi connectivity index (χ3n) is 5.48. The van der Waals surface area contributed by atoms with Gasteiger partial charge in [-0.3, -0.25) is 19.2 Å². The first-order valence-electron chi connectivity index (χ1n) is 11.5. The number of β-lactam (4-membered cyclic amide) rings is 1. The summed E-state index contributed by atoms with van der Waals surface area (Å²) in [5, 5.41) is 17.6. The number of aromatic nitrogens is 1. The minimum atomic E-state index is -1.21. The molecule has 2 unspecified atom stereocenters. The van der Waals surface area contributed by atoms with Crippen LogP contribution < -0.4 is 11.1 Å². The van der Waals surface area contributed by atoms with E-state index in [1.165, 1.54) is 29.2 Å². The predicted molar refractivity (Wildman–Crippen MR) is 136 cm³/mol. The Hall–Kier alpha value is -2.91. The van der Waals surface area contributed by atoms with Crippen molar-refractivity contribution in [2.24, 2.45) is 10.6 Å². The van der Waals surface area contributed by atoms with Crippen molar-refractivity contribution in [3.63, 3.8) is 0 Å². The van der Waals surface area contributed by atoms with Gasteiger partial charge in [-0.2, -0.15) is 0 Å². The summed E-state index contributed by atoms with van der Waals surface area (Å²) >= 11 is 2.38. The number of carbonyl (C=O) groups is 4. The van der Waals surface area contributed by atoms with Gasteiger partial charge in [0.2, 0.25) is 5.91 Å². The number of nitrogens with one attached hydrogen (secondary N) is 1. The highest BCUT2D eigenvalue weighted by Crippen LogP contribution is 2.42. The summed E-state index contributed by atoms with van der Waals surface area (Å²) < 4.78 is 10.3. The molecule has 0 aromatic carbocycles. The first-order chi connectivity index (χ1) is 17.4. The third kappa shape index (κ3) is 6.90. The fourth-order valence-corrected chi connectivity index (χ4v) is 5.85. The number of aliphatic carboxylic acids is 1. The number of hydrogen-bond acceptors (Lipinski definition) is 12. The van der Waals surface area contributed by atoms with Crippen molar-refractivity contribution in [2.45, 2.75) is 50.6 Å². The molecular weight excluding hydrogens is 526 g/mol. The van der Waals surface area contributed by atoms with E-state index < -0.39 is 40.2 Å². The number of fused-ring (bicyclic) bond motifs is 1. The first kappa shape index (κ1) is 28.7. The second kappa shape index (κ2) is 11.6. The molecule has 0 spiro atoms. The normalized spacial score (nSPS) is 23.6. The smallest absolute Gasteiger partial charge is 0.314 e. The van der Waals surface area contributed by atoms with Crippen molar-refractivity contribution in [1.82, 2.24) is 15.2 Å². The Balaban J connectivity index is 1.61. The molecule has 1 aromatic heterocycles. The van der Waals surface area contributed by atoms with Crippen molar-refractivity contribution < 1.29 is 38.6 Å². The molecule has 1 aromatic rings. The number of ether oxygens (including phenoxy) is 2. The quantitative estimate of drug-likeness (QED) is 0.114. The Morgan fingerprint density at radius 3 is 2.70 bits per heavy atom. The number of carboxylic acid groups (broad SMARTS) is 1. The lowest BCUT2D eigenvalue weighted by molar-refractivity contribution is -0.161. The Morgan fingerprint density at radius 2 is 2.11 bits per heavy atom. The lowest BCUT2D eigenvalue weighted by Crippen LogP contribution is -2.74. The summed E-state index contributed by atoms with van der Waals surface area (Å²) in [6, 6.07) is -0.861. The number of nitrogens with two attached hydrogens (primary N) is 1. The maximum absolute atomic E-state index is 13.1. The number of methoxy groups -OCH3 is 1. The number of thiazole rings is 1. The molecule has 204 valence electrons. The van der Waals surface area contributed by atoms with E-state index >= 15 is 0 Å². The predicted octanol–water partition coefficient (Wildman–Crippen LogP) is 0.685. The largest absolute Gasteiger partial charge is 0.481 e. The summed E-state index contributed by atoms with van der Waals surface area (Å²) in [5.41, 5.74) is 3.92. The highest BCUT2D eigenvalue weighted by molar-refractivity contribution is 8.00. The van der Waals surface area contributed by atoms with Crippen LogP contribution in [0.5, 0.6) is 0 Å². The SMILES string of the molecule is COCC1(C(=O)O)CS[C@@H]2C(NC(=O)C(=NOCCCC(=O)OC(C)(C)C)c3csc(N)n3)C(=O)N2C1. The van der Waals surface area contributed by atoms with Crippen LogP contribution in [-0.4, -0.2) is 94.1 Å². The second-order valence-corrected chi connectivity index (χ2v) is 11.7. The van der Waals surface area contributed by atoms with Gasteiger partial charge in [0.15, 0.2) is 10.8 Å². The van der Waals surface area contributed by atoms with Gasteiger partial charge in [0.05, 0.1) is 6.61 Å². The van der Waals surface area contributed by atoms with Crippen molar-refractivity contribution in [2.75, 3.05) is 38.4 Å². The lowest BCUT2D eigenvalue weighted by Gasteiger charge is -2.53. The number of esters is 1. The van der Waals surface area contributed by atoms with Gasteiger partial charge in [-0.25, -0.2) is 4.98 Å². The number of carboxylic acids is 1. The van der Waals surface area contributed by atoms with Crippen LogP contribution in [0.4, 0.5) is 5.13 Å². The Bertz CT molecular complexity index is 1070. The topological polar surface area (TPSA) is 183 Å². The van der Waals surface area contributed by atoms with Gasteiger partial charge in [-0.1, -0.05) is 5.16 Å². The fraction of sp³-hybridized carbons (Fsp3) is 0.636. The molecule has 2 saturated heterocycles. The number of hydrogen-bond donors (Lipinski definition) is 3. The molecule has 15 heteroatoms. The Morgan fingerprint density at radius 1 is 1.38 bits per heavy atom. The van der Waals surface area contributed by atoms with E-state index in [9.17, 15) is 24.3 Å². The standard InChI is InChI=1S/C22H31N5O8S2/c1-21(2,3)35-13(28)6-5-7-34-26-14(12-8-36-20(23)24-12)16(29)25-15-17(30)27-9-22(10-33-4,19(31)32)11-37-18(15)27/h8,15,18H,5-7,9-11H2,1-4H3,(H2,23,24)(H,25,29)(H,31,32)/t15?,18-,22?/m1/s1. The molecule has 0 saturated carbocycles. The molecule has 0 bridgehead atoms. The number of amides is 2. The summed E-state index contributed by atoms with van der Waals surface area (Å²) in [4.78, 5) is 60.3. The van der Waals surface area contributed by atoms with Gasteiger partial charge in [-0.05, 0) is 27.2 Å². The average molecular weight is 558 g/mol. The minimum absolute atomic E-state index is 0.0105. The minimum Gasteiger partial charge on any atom is -0.481 e.